The highest BCUT2D eigenvalue weighted by Gasteiger charge is 2.06. The normalized spacial score (nSPS) is 10.3. The molecule has 1 heterocycles. The van der Waals surface area contributed by atoms with Crippen LogP contribution in [0.1, 0.15) is 17.1 Å². The third-order valence-electron chi connectivity index (χ3n) is 2.92. The summed E-state index contributed by atoms with van der Waals surface area (Å²) in [5.41, 5.74) is 2.21. The molecule has 19 heavy (non-hydrogen) atoms. The van der Waals surface area contributed by atoms with Gasteiger partial charge in [0, 0.05) is 25.4 Å². The molecule has 2 rings (SSSR count). The quantitative estimate of drug-likeness (QED) is 0.844. The molecule has 0 saturated carbocycles. The van der Waals surface area contributed by atoms with E-state index in [1.54, 1.807) is 7.11 Å². The fraction of sp³-hybridized carbons (Fsp3) is 0.333. The molecule has 0 aliphatic heterocycles. The predicted octanol–water partition coefficient (Wildman–Crippen LogP) is 2.74. The van der Waals surface area contributed by atoms with E-state index < -0.39 is 0 Å². The van der Waals surface area contributed by atoms with Crippen molar-refractivity contribution in [3.63, 3.8) is 0 Å². The Morgan fingerprint density at radius 2 is 1.79 bits per heavy atom. The molecule has 0 radical (unpaired) electrons. The highest BCUT2D eigenvalue weighted by molar-refractivity contribution is 5.40. The summed E-state index contributed by atoms with van der Waals surface area (Å²) >= 11 is 0. The molecule has 0 unspecified atom stereocenters. The Kier molecular flexibility index (Phi) is 4.00. The number of rotatable bonds is 4. The second-order valence-corrected chi connectivity index (χ2v) is 4.62. The van der Waals surface area contributed by atoms with Crippen LogP contribution in [0, 0.1) is 13.8 Å². The van der Waals surface area contributed by atoms with Crippen LogP contribution in [-0.2, 0) is 6.54 Å². The zero-order valence-corrected chi connectivity index (χ0v) is 11.8. The first kappa shape index (κ1) is 13.3. The standard InChI is InChI=1S/C15H19N3O/c1-11-9-15(17-12(2)16-11)18(3)10-13-5-7-14(19-4)8-6-13/h5-9H,10H2,1-4H3. The van der Waals surface area contributed by atoms with Crippen LogP contribution in [0.2, 0.25) is 0 Å². The molecule has 1 aromatic carbocycles. The van der Waals surface area contributed by atoms with E-state index in [9.17, 15) is 0 Å². The number of hydrogen-bond donors (Lipinski definition) is 0. The lowest BCUT2D eigenvalue weighted by Crippen LogP contribution is -2.18. The third kappa shape index (κ3) is 3.44. The van der Waals surface area contributed by atoms with Crippen LogP contribution in [0.15, 0.2) is 30.3 Å². The number of ether oxygens (including phenoxy) is 1. The van der Waals surface area contributed by atoms with E-state index >= 15 is 0 Å². The van der Waals surface area contributed by atoms with Gasteiger partial charge in [-0.15, -0.1) is 0 Å². The van der Waals surface area contributed by atoms with Crippen LogP contribution in [0.3, 0.4) is 0 Å². The number of aromatic nitrogens is 2. The van der Waals surface area contributed by atoms with Gasteiger partial charge in [-0.1, -0.05) is 12.1 Å². The summed E-state index contributed by atoms with van der Waals surface area (Å²) < 4.78 is 5.16. The molecule has 2 aromatic rings. The van der Waals surface area contributed by atoms with Crippen molar-refractivity contribution >= 4 is 5.82 Å². The molecule has 0 saturated heterocycles. The summed E-state index contributed by atoms with van der Waals surface area (Å²) in [4.78, 5) is 10.9. The maximum Gasteiger partial charge on any atom is 0.132 e. The largest absolute Gasteiger partial charge is 0.497 e. The van der Waals surface area contributed by atoms with Crippen molar-refractivity contribution in [3.8, 4) is 5.75 Å². The van der Waals surface area contributed by atoms with Gasteiger partial charge in [-0.25, -0.2) is 9.97 Å². The molecule has 0 spiro atoms. The van der Waals surface area contributed by atoms with Gasteiger partial charge < -0.3 is 9.64 Å². The van der Waals surface area contributed by atoms with Crippen LogP contribution in [-0.4, -0.2) is 24.1 Å². The van der Waals surface area contributed by atoms with E-state index in [4.69, 9.17) is 4.74 Å². The van der Waals surface area contributed by atoms with Crippen molar-refractivity contribution in [1.82, 2.24) is 9.97 Å². The fourth-order valence-corrected chi connectivity index (χ4v) is 1.98. The molecular weight excluding hydrogens is 238 g/mol. The second kappa shape index (κ2) is 5.69. The van der Waals surface area contributed by atoms with Crippen molar-refractivity contribution in [2.45, 2.75) is 20.4 Å². The molecular formula is C15H19N3O. The molecule has 0 N–H and O–H groups in total. The summed E-state index contributed by atoms with van der Waals surface area (Å²) in [6, 6.07) is 10.1. The fourth-order valence-electron chi connectivity index (χ4n) is 1.98. The second-order valence-electron chi connectivity index (χ2n) is 4.62. The summed E-state index contributed by atoms with van der Waals surface area (Å²) in [6.45, 7) is 4.71. The highest BCUT2D eigenvalue weighted by Crippen LogP contribution is 2.16. The molecule has 4 heteroatoms. The summed E-state index contributed by atoms with van der Waals surface area (Å²) in [5, 5.41) is 0. The molecule has 0 aliphatic rings. The molecule has 0 atom stereocenters. The van der Waals surface area contributed by atoms with Crippen LogP contribution in [0.5, 0.6) is 5.75 Å². The van der Waals surface area contributed by atoms with Crippen molar-refractivity contribution in [2.24, 2.45) is 0 Å². The summed E-state index contributed by atoms with van der Waals surface area (Å²) in [7, 11) is 3.71. The Bertz CT molecular complexity index is 532. The van der Waals surface area contributed by atoms with Crippen LogP contribution in [0.25, 0.3) is 0 Å². The number of benzene rings is 1. The summed E-state index contributed by atoms with van der Waals surface area (Å²) in [5.74, 6) is 2.62. The van der Waals surface area contributed by atoms with Gasteiger partial charge >= 0.3 is 0 Å². The van der Waals surface area contributed by atoms with Gasteiger partial charge in [0.05, 0.1) is 7.11 Å². The van der Waals surface area contributed by atoms with E-state index in [1.165, 1.54) is 5.56 Å². The average Bonchev–Trinajstić information content (AvgIpc) is 2.38. The van der Waals surface area contributed by atoms with Gasteiger partial charge in [-0.3, -0.25) is 0 Å². The SMILES string of the molecule is COc1ccc(CN(C)c2cc(C)nc(C)n2)cc1. The smallest absolute Gasteiger partial charge is 0.132 e. The Morgan fingerprint density at radius 1 is 1.11 bits per heavy atom. The molecule has 100 valence electrons. The van der Waals surface area contributed by atoms with E-state index in [2.05, 4.69) is 27.0 Å². The number of anilines is 1. The zero-order chi connectivity index (χ0) is 13.8. The average molecular weight is 257 g/mol. The minimum Gasteiger partial charge on any atom is -0.497 e. The Hall–Kier alpha value is -2.10. The Labute approximate surface area is 114 Å². The van der Waals surface area contributed by atoms with Crippen molar-refractivity contribution < 1.29 is 4.74 Å². The predicted molar refractivity (Wildman–Crippen MR) is 76.6 cm³/mol. The number of aryl methyl sites for hydroxylation is 2. The summed E-state index contributed by atoms with van der Waals surface area (Å²) in [6.07, 6.45) is 0. The lowest BCUT2D eigenvalue weighted by Gasteiger charge is -2.19. The number of nitrogens with zero attached hydrogens (tertiary/aromatic N) is 3. The molecule has 0 amide bonds. The topological polar surface area (TPSA) is 38.2 Å². The van der Waals surface area contributed by atoms with Crippen molar-refractivity contribution in [1.29, 1.82) is 0 Å². The Morgan fingerprint density at radius 3 is 2.37 bits per heavy atom. The first-order chi connectivity index (χ1) is 9.08. The van der Waals surface area contributed by atoms with E-state index in [1.807, 2.05) is 39.1 Å². The number of hydrogen-bond acceptors (Lipinski definition) is 4. The Balaban J connectivity index is 2.13. The lowest BCUT2D eigenvalue weighted by atomic mass is 10.2. The lowest BCUT2D eigenvalue weighted by molar-refractivity contribution is 0.414. The molecule has 0 fully saturated rings. The van der Waals surface area contributed by atoms with E-state index in [-0.39, 0.29) is 0 Å². The zero-order valence-electron chi connectivity index (χ0n) is 11.8. The van der Waals surface area contributed by atoms with E-state index in [0.717, 1.165) is 29.6 Å². The van der Waals surface area contributed by atoms with Gasteiger partial charge in [-0.05, 0) is 31.5 Å². The molecule has 1 aromatic heterocycles. The third-order valence-corrected chi connectivity index (χ3v) is 2.92. The first-order valence-electron chi connectivity index (χ1n) is 6.25. The first-order valence-corrected chi connectivity index (χ1v) is 6.25. The van der Waals surface area contributed by atoms with Gasteiger partial charge in [0.2, 0.25) is 0 Å². The maximum absolute atomic E-state index is 5.16. The monoisotopic (exact) mass is 257 g/mol. The van der Waals surface area contributed by atoms with Crippen LogP contribution >= 0.6 is 0 Å². The van der Waals surface area contributed by atoms with Crippen LogP contribution < -0.4 is 9.64 Å². The van der Waals surface area contributed by atoms with Gasteiger partial charge in [0.25, 0.3) is 0 Å². The van der Waals surface area contributed by atoms with E-state index in [0.29, 0.717) is 0 Å². The minimum absolute atomic E-state index is 0.802. The van der Waals surface area contributed by atoms with Gasteiger partial charge in [-0.2, -0.15) is 0 Å². The van der Waals surface area contributed by atoms with Crippen molar-refractivity contribution in [3.05, 3.63) is 47.4 Å². The molecule has 0 bridgehead atoms. The molecule has 4 nitrogen and oxygen atoms in total. The maximum atomic E-state index is 5.16. The minimum atomic E-state index is 0.802. The highest BCUT2D eigenvalue weighted by atomic mass is 16.5. The van der Waals surface area contributed by atoms with Gasteiger partial charge in [0.15, 0.2) is 0 Å². The van der Waals surface area contributed by atoms with Gasteiger partial charge in [0.1, 0.15) is 17.4 Å². The van der Waals surface area contributed by atoms with Crippen LogP contribution in [0.4, 0.5) is 5.82 Å². The molecule has 0 aliphatic carbocycles. The van der Waals surface area contributed by atoms with Crippen molar-refractivity contribution in [2.75, 3.05) is 19.1 Å². The number of methoxy groups -OCH3 is 1.